The molecule has 2 aliphatic heterocycles. The number of nitrogens with zero attached hydrogens (tertiary/aromatic N) is 3. The zero-order valence-corrected chi connectivity index (χ0v) is 13.7. The number of rotatable bonds is 4. The molecule has 0 radical (unpaired) electrons. The Morgan fingerprint density at radius 1 is 1.35 bits per heavy atom. The number of halogens is 1. The van der Waals surface area contributed by atoms with Crippen molar-refractivity contribution in [1.29, 1.82) is 0 Å². The molecule has 0 aromatic carbocycles. The van der Waals surface area contributed by atoms with Crippen molar-refractivity contribution >= 4 is 23.4 Å². The third-order valence-corrected chi connectivity index (χ3v) is 4.56. The van der Waals surface area contributed by atoms with Crippen LogP contribution in [0.5, 0.6) is 0 Å². The zero-order chi connectivity index (χ0) is 16.2. The summed E-state index contributed by atoms with van der Waals surface area (Å²) in [5.41, 5.74) is 0. The van der Waals surface area contributed by atoms with Crippen LogP contribution in [0.15, 0.2) is 10.6 Å². The molecular weight excluding hydrogens is 320 g/mol. The molecule has 2 saturated heterocycles. The molecule has 2 aliphatic rings. The van der Waals surface area contributed by atoms with Gasteiger partial charge in [0, 0.05) is 51.6 Å². The SMILES string of the molecule is O=C([C@H]1CNCCN1C(=O)CCc1cc(Cl)no1)N1CCCC1. The Kier molecular flexibility index (Phi) is 5.17. The fourth-order valence-corrected chi connectivity index (χ4v) is 3.31. The summed E-state index contributed by atoms with van der Waals surface area (Å²) in [6, 6.07) is 1.21. The van der Waals surface area contributed by atoms with E-state index in [1.54, 1.807) is 11.0 Å². The first-order valence-corrected chi connectivity index (χ1v) is 8.43. The number of carbonyl (C=O) groups is 2. The van der Waals surface area contributed by atoms with E-state index in [9.17, 15) is 9.59 Å². The van der Waals surface area contributed by atoms with E-state index in [1.807, 2.05) is 4.90 Å². The van der Waals surface area contributed by atoms with Gasteiger partial charge in [-0.15, -0.1) is 0 Å². The van der Waals surface area contributed by atoms with E-state index in [0.717, 1.165) is 25.9 Å². The van der Waals surface area contributed by atoms with Gasteiger partial charge in [0.25, 0.3) is 0 Å². The van der Waals surface area contributed by atoms with E-state index in [-0.39, 0.29) is 23.4 Å². The fraction of sp³-hybridized carbons (Fsp3) is 0.667. The number of aromatic nitrogens is 1. The normalized spacial score (nSPS) is 21.7. The highest BCUT2D eigenvalue weighted by Crippen LogP contribution is 2.16. The van der Waals surface area contributed by atoms with E-state index in [0.29, 0.717) is 31.8 Å². The van der Waals surface area contributed by atoms with Crippen LogP contribution in [0.4, 0.5) is 0 Å². The number of likely N-dealkylation sites (tertiary alicyclic amines) is 1. The fourth-order valence-electron chi connectivity index (χ4n) is 3.15. The Labute approximate surface area is 139 Å². The smallest absolute Gasteiger partial charge is 0.246 e. The summed E-state index contributed by atoms with van der Waals surface area (Å²) in [6.45, 7) is 3.39. The molecule has 1 aromatic heterocycles. The molecule has 23 heavy (non-hydrogen) atoms. The van der Waals surface area contributed by atoms with Crippen LogP contribution in [0.1, 0.15) is 25.0 Å². The molecule has 0 bridgehead atoms. The van der Waals surface area contributed by atoms with Gasteiger partial charge >= 0.3 is 0 Å². The average Bonchev–Trinajstić information content (AvgIpc) is 3.23. The van der Waals surface area contributed by atoms with Crippen LogP contribution in [-0.2, 0) is 16.0 Å². The van der Waals surface area contributed by atoms with Gasteiger partial charge in [0.2, 0.25) is 11.8 Å². The van der Waals surface area contributed by atoms with Crippen molar-refractivity contribution in [3.63, 3.8) is 0 Å². The molecule has 1 N–H and O–H groups in total. The van der Waals surface area contributed by atoms with Gasteiger partial charge in [-0.05, 0) is 12.8 Å². The number of hydrogen-bond donors (Lipinski definition) is 1. The van der Waals surface area contributed by atoms with Crippen molar-refractivity contribution in [1.82, 2.24) is 20.3 Å². The van der Waals surface area contributed by atoms with Crippen molar-refractivity contribution in [3.8, 4) is 0 Å². The first kappa shape index (κ1) is 16.3. The largest absolute Gasteiger partial charge is 0.360 e. The number of piperazine rings is 1. The lowest BCUT2D eigenvalue weighted by Gasteiger charge is -2.37. The summed E-state index contributed by atoms with van der Waals surface area (Å²) in [4.78, 5) is 28.8. The Morgan fingerprint density at radius 3 is 2.83 bits per heavy atom. The molecule has 1 aromatic rings. The summed E-state index contributed by atoms with van der Waals surface area (Å²) < 4.78 is 5.02. The second kappa shape index (κ2) is 7.31. The van der Waals surface area contributed by atoms with Gasteiger partial charge in [0.05, 0.1) is 0 Å². The zero-order valence-electron chi connectivity index (χ0n) is 13.0. The lowest BCUT2D eigenvalue weighted by molar-refractivity contribution is -0.146. The Balaban J connectivity index is 1.60. The first-order chi connectivity index (χ1) is 11.1. The maximum absolute atomic E-state index is 12.6. The Bertz CT molecular complexity index is 571. The molecule has 126 valence electrons. The minimum atomic E-state index is -0.396. The van der Waals surface area contributed by atoms with E-state index in [2.05, 4.69) is 10.5 Å². The minimum absolute atomic E-state index is 0.0310. The number of aryl methyl sites for hydroxylation is 1. The van der Waals surface area contributed by atoms with Gasteiger partial charge in [0.1, 0.15) is 11.8 Å². The van der Waals surface area contributed by atoms with Gasteiger partial charge in [0.15, 0.2) is 5.15 Å². The van der Waals surface area contributed by atoms with Gasteiger partial charge < -0.3 is 19.6 Å². The molecule has 8 heteroatoms. The lowest BCUT2D eigenvalue weighted by Crippen LogP contribution is -2.59. The number of nitrogens with one attached hydrogen (secondary N) is 1. The molecule has 3 rings (SSSR count). The maximum atomic E-state index is 12.6. The summed E-state index contributed by atoms with van der Waals surface area (Å²) in [5.74, 6) is 0.614. The van der Waals surface area contributed by atoms with Crippen molar-refractivity contribution in [2.45, 2.75) is 31.7 Å². The van der Waals surface area contributed by atoms with Gasteiger partial charge in [-0.1, -0.05) is 16.8 Å². The van der Waals surface area contributed by atoms with Crippen LogP contribution in [0.2, 0.25) is 5.15 Å². The van der Waals surface area contributed by atoms with Gasteiger partial charge in [-0.25, -0.2) is 0 Å². The second-order valence-corrected chi connectivity index (χ2v) is 6.34. The van der Waals surface area contributed by atoms with Crippen molar-refractivity contribution in [2.24, 2.45) is 0 Å². The topological polar surface area (TPSA) is 78.7 Å². The standard InChI is InChI=1S/C15H21ClN4O3/c16-13-9-11(23-18-13)3-4-14(21)20-8-5-17-10-12(20)15(22)19-6-1-2-7-19/h9,12,17H,1-8,10H2/t12-/m1/s1. The molecular formula is C15H21ClN4O3. The summed E-state index contributed by atoms with van der Waals surface area (Å²) in [5, 5.41) is 7.10. The van der Waals surface area contributed by atoms with Crippen LogP contribution in [0, 0.1) is 0 Å². The van der Waals surface area contributed by atoms with Gasteiger partial charge in [-0.2, -0.15) is 0 Å². The molecule has 3 heterocycles. The van der Waals surface area contributed by atoms with Crippen LogP contribution < -0.4 is 5.32 Å². The van der Waals surface area contributed by atoms with Crippen LogP contribution in [0.3, 0.4) is 0 Å². The molecule has 7 nitrogen and oxygen atoms in total. The Hall–Kier alpha value is -1.60. The van der Waals surface area contributed by atoms with Crippen LogP contribution >= 0.6 is 11.6 Å². The monoisotopic (exact) mass is 340 g/mol. The minimum Gasteiger partial charge on any atom is -0.360 e. The predicted octanol–water partition coefficient (Wildman–Crippen LogP) is 0.683. The van der Waals surface area contributed by atoms with Crippen molar-refractivity contribution in [2.75, 3.05) is 32.7 Å². The highest BCUT2D eigenvalue weighted by Gasteiger charge is 2.35. The molecule has 2 amide bonds. The van der Waals surface area contributed by atoms with E-state index in [4.69, 9.17) is 16.1 Å². The van der Waals surface area contributed by atoms with Crippen molar-refractivity contribution in [3.05, 3.63) is 17.0 Å². The summed E-state index contributed by atoms with van der Waals surface area (Å²) in [7, 11) is 0. The Morgan fingerprint density at radius 2 is 2.13 bits per heavy atom. The molecule has 0 unspecified atom stereocenters. The molecule has 0 aliphatic carbocycles. The number of carbonyl (C=O) groups excluding carboxylic acids is 2. The quantitative estimate of drug-likeness (QED) is 0.872. The maximum Gasteiger partial charge on any atom is 0.246 e. The molecule has 0 saturated carbocycles. The van der Waals surface area contributed by atoms with Crippen LogP contribution in [0.25, 0.3) is 0 Å². The highest BCUT2D eigenvalue weighted by atomic mass is 35.5. The number of amides is 2. The van der Waals surface area contributed by atoms with Crippen LogP contribution in [-0.4, -0.2) is 65.5 Å². The molecule has 0 spiro atoms. The third kappa shape index (κ3) is 3.84. The van der Waals surface area contributed by atoms with E-state index in [1.165, 1.54) is 0 Å². The average molecular weight is 341 g/mol. The first-order valence-electron chi connectivity index (χ1n) is 8.05. The highest BCUT2D eigenvalue weighted by molar-refractivity contribution is 6.29. The van der Waals surface area contributed by atoms with E-state index >= 15 is 0 Å². The van der Waals surface area contributed by atoms with Crippen molar-refractivity contribution < 1.29 is 14.1 Å². The molecule has 2 fully saturated rings. The number of hydrogen-bond acceptors (Lipinski definition) is 5. The second-order valence-electron chi connectivity index (χ2n) is 5.96. The summed E-state index contributed by atoms with van der Waals surface area (Å²) >= 11 is 5.70. The third-order valence-electron chi connectivity index (χ3n) is 4.38. The van der Waals surface area contributed by atoms with E-state index < -0.39 is 6.04 Å². The predicted molar refractivity (Wildman–Crippen MR) is 84.0 cm³/mol. The molecule has 1 atom stereocenters. The lowest BCUT2D eigenvalue weighted by atomic mass is 10.1. The van der Waals surface area contributed by atoms with Gasteiger partial charge in [-0.3, -0.25) is 9.59 Å². The summed E-state index contributed by atoms with van der Waals surface area (Å²) in [6.07, 6.45) is 2.82.